The molecule has 3 heterocycles. The molecule has 0 fully saturated rings. The smallest absolute Gasteiger partial charge is 0.218 e. The number of nitrogens with zero attached hydrogens (tertiary/aromatic N) is 8. The van der Waals surface area contributed by atoms with Crippen LogP contribution in [0.2, 0.25) is 0 Å². The summed E-state index contributed by atoms with van der Waals surface area (Å²) in [5, 5.41) is 20.2. The van der Waals surface area contributed by atoms with Crippen LogP contribution in [0.25, 0.3) is 61.3 Å². The fraction of sp³-hybridized carbons (Fsp3) is 0. The first-order chi connectivity index (χ1) is 21.2. The first-order valence-electron chi connectivity index (χ1n) is 13.7. The highest BCUT2D eigenvalue weighted by Gasteiger charge is 2.19. The monoisotopic (exact) mass is 552 g/mol. The van der Waals surface area contributed by atoms with E-state index in [9.17, 15) is 10.5 Å². The molecule has 0 unspecified atom stereocenters. The van der Waals surface area contributed by atoms with E-state index in [1.807, 2.05) is 100 Å². The lowest BCUT2D eigenvalue weighted by atomic mass is 10.0. The molecular formula is C35H20N8. The molecule has 5 aromatic carbocycles. The largest absolute Gasteiger partial charge is 0.298 e. The van der Waals surface area contributed by atoms with Gasteiger partial charge in [0.05, 0.1) is 50.2 Å². The van der Waals surface area contributed by atoms with Crippen molar-refractivity contribution in [2.45, 2.75) is 0 Å². The summed E-state index contributed by atoms with van der Waals surface area (Å²) in [6, 6.07) is 42.2. The number of imidazole rings is 3. The van der Waals surface area contributed by atoms with Crippen LogP contribution in [0.3, 0.4) is 0 Å². The average Bonchev–Trinajstić information content (AvgIpc) is 3.77. The predicted octanol–water partition coefficient (Wildman–Crippen LogP) is 7.11. The van der Waals surface area contributed by atoms with Crippen LogP contribution in [-0.2, 0) is 0 Å². The summed E-state index contributed by atoms with van der Waals surface area (Å²) in [5.74, 6) is 0.545. The van der Waals surface area contributed by atoms with Crippen LogP contribution in [0.1, 0.15) is 11.6 Å². The van der Waals surface area contributed by atoms with Gasteiger partial charge in [-0.25, -0.2) is 15.0 Å². The molecule has 200 valence electrons. The molecule has 0 aliphatic carbocycles. The Morgan fingerprint density at radius 1 is 0.535 bits per heavy atom. The van der Waals surface area contributed by atoms with Crippen LogP contribution in [0.15, 0.2) is 122 Å². The van der Waals surface area contributed by atoms with Gasteiger partial charge in [0, 0.05) is 5.56 Å². The molecule has 0 aliphatic rings. The highest BCUT2D eigenvalue weighted by molar-refractivity contribution is 5.86. The molecule has 8 heteroatoms. The maximum atomic E-state index is 10.1. The van der Waals surface area contributed by atoms with Crippen LogP contribution in [0.4, 0.5) is 0 Å². The molecule has 43 heavy (non-hydrogen) atoms. The number of para-hydroxylation sites is 7. The molecule has 0 saturated heterocycles. The number of nitriles is 2. The maximum absolute atomic E-state index is 10.1. The molecule has 0 aliphatic heterocycles. The minimum absolute atomic E-state index is 0.272. The summed E-state index contributed by atoms with van der Waals surface area (Å²) in [4.78, 5) is 13.8. The van der Waals surface area contributed by atoms with Gasteiger partial charge in [-0.05, 0) is 66.2 Å². The zero-order chi connectivity index (χ0) is 28.9. The lowest BCUT2D eigenvalue weighted by Crippen LogP contribution is -2.04. The summed E-state index contributed by atoms with van der Waals surface area (Å²) < 4.78 is 5.81. The number of hydrogen-bond donors (Lipinski definition) is 0. The lowest BCUT2D eigenvalue weighted by Gasteiger charge is -2.17. The van der Waals surface area contributed by atoms with E-state index in [-0.39, 0.29) is 11.6 Å². The number of fused-ring (bicyclic) bond motifs is 3. The zero-order valence-electron chi connectivity index (χ0n) is 22.6. The van der Waals surface area contributed by atoms with E-state index in [4.69, 9.17) is 0 Å². The van der Waals surface area contributed by atoms with Crippen LogP contribution in [0, 0.1) is 22.7 Å². The van der Waals surface area contributed by atoms with Gasteiger partial charge < -0.3 is 0 Å². The Kier molecular flexibility index (Phi) is 5.40. The Bertz CT molecular complexity index is 2330. The summed E-state index contributed by atoms with van der Waals surface area (Å²) in [7, 11) is 0. The van der Waals surface area contributed by atoms with Crippen molar-refractivity contribution in [3.8, 4) is 40.3 Å². The topological polar surface area (TPSA) is 101 Å². The van der Waals surface area contributed by atoms with Gasteiger partial charge in [-0.1, -0.05) is 54.6 Å². The van der Waals surface area contributed by atoms with Crippen molar-refractivity contribution in [1.82, 2.24) is 28.7 Å². The van der Waals surface area contributed by atoms with E-state index in [1.165, 1.54) is 0 Å². The Morgan fingerprint density at radius 2 is 1.05 bits per heavy atom. The van der Waals surface area contributed by atoms with Crippen molar-refractivity contribution in [2.75, 3.05) is 0 Å². The molecule has 8 aromatic rings. The van der Waals surface area contributed by atoms with Gasteiger partial charge in [0.2, 0.25) is 11.6 Å². The van der Waals surface area contributed by atoms with E-state index >= 15 is 0 Å². The highest BCUT2D eigenvalue weighted by atomic mass is 15.1. The Balaban J connectivity index is 1.46. The van der Waals surface area contributed by atoms with E-state index in [0.717, 1.165) is 61.3 Å². The van der Waals surface area contributed by atoms with E-state index in [1.54, 1.807) is 0 Å². The van der Waals surface area contributed by atoms with Crippen LogP contribution in [-0.4, -0.2) is 28.7 Å². The molecule has 0 radical (unpaired) electrons. The Hall–Kier alpha value is -6.51. The van der Waals surface area contributed by atoms with Crippen molar-refractivity contribution in [2.24, 2.45) is 0 Å². The van der Waals surface area contributed by atoms with E-state index in [0.29, 0.717) is 0 Å². The van der Waals surface area contributed by atoms with Crippen molar-refractivity contribution >= 4 is 33.1 Å². The third-order valence-electron chi connectivity index (χ3n) is 7.67. The van der Waals surface area contributed by atoms with Crippen molar-refractivity contribution in [1.29, 1.82) is 10.5 Å². The normalized spacial score (nSPS) is 11.2. The highest BCUT2D eigenvalue weighted by Crippen LogP contribution is 2.35. The molecule has 0 amide bonds. The number of benzene rings is 5. The average molecular weight is 553 g/mol. The number of hydrogen-bond acceptors (Lipinski definition) is 5. The minimum atomic E-state index is 0.272. The first-order valence-corrected chi connectivity index (χ1v) is 13.7. The van der Waals surface area contributed by atoms with E-state index in [2.05, 4.69) is 62.0 Å². The van der Waals surface area contributed by atoms with Crippen molar-refractivity contribution in [3.05, 3.63) is 133 Å². The summed E-state index contributed by atoms with van der Waals surface area (Å²) in [5.41, 5.74) is 9.25. The third kappa shape index (κ3) is 3.79. The molecule has 3 aromatic heterocycles. The second kappa shape index (κ2) is 9.55. The Labute approximate surface area is 245 Å². The minimum Gasteiger partial charge on any atom is -0.298 e. The third-order valence-corrected chi connectivity index (χ3v) is 7.67. The fourth-order valence-electron chi connectivity index (χ4n) is 5.81. The first kappa shape index (κ1) is 24.3. The van der Waals surface area contributed by atoms with Gasteiger partial charge in [-0.3, -0.25) is 13.7 Å². The van der Waals surface area contributed by atoms with Gasteiger partial charge in [0.15, 0.2) is 0 Å². The maximum Gasteiger partial charge on any atom is 0.218 e. The Morgan fingerprint density at radius 3 is 1.65 bits per heavy atom. The van der Waals surface area contributed by atoms with Gasteiger partial charge in [0.1, 0.15) is 18.5 Å². The van der Waals surface area contributed by atoms with Gasteiger partial charge >= 0.3 is 0 Å². The quantitative estimate of drug-likeness (QED) is 0.231. The molecule has 0 atom stereocenters. The number of aromatic nitrogens is 6. The van der Waals surface area contributed by atoms with Crippen LogP contribution < -0.4 is 0 Å². The van der Waals surface area contributed by atoms with Crippen LogP contribution in [0.5, 0.6) is 0 Å². The fourth-order valence-corrected chi connectivity index (χ4v) is 5.81. The molecular weight excluding hydrogens is 532 g/mol. The summed E-state index contributed by atoms with van der Waals surface area (Å²) >= 11 is 0. The SMILES string of the molecule is N#Cc1nc2ccccc2n1-c1cc(-c2ccccc2-n2cnc3ccccc32)cc(-n2c(C#N)nc3ccccc32)c1. The zero-order valence-corrected chi connectivity index (χ0v) is 22.6. The van der Waals surface area contributed by atoms with Gasteiger partial charge in [-0.15, -0.1) is 0 Å². The second-order valence-electron chi connectivity index (χ2n) is 10.1. The predicted molar refractivity (Wildman–Crippen MR) is 165 cm³/mol. The molecule has 0 saturated carbocycles. The van der Waals surface area contributed by atoms with Crippen molar-refractivity contribution in [3.63, 3.8) is 0 Å². The second-order valence-corrected chi connectivity index (χ2v) is 10.1. The summed E-state index contributed by atoms with van der Waals surface area (Å²) in [6.07, 6.45) is 1.84. The molecule has 8 rings (SSSR count). The van der Waals surface area contributed by atoms with Crippen LogP contribution >= 0.6 is 0 Å². The molecule has 0 spiro atoms. The summed E-state index contributed by atoms with van der Waals surface area (Å²) in [6.45, 7) is 0. The van der Waals surface area contributed by atoms with Gasteiger partial charge in [-0.2, -0.15) is 10.5 Å². The molecule has 8 nitrogen and oxygen atoms in total. The molecule has 0 N–H and O–H groups in total. The van der Waals surface area contributed by atoms with Crippen molar-refractivity contribution < 1.29 is 0 Å². The van der Waals surface area contributed by atoms with E-state index < -0.39 is 0 Å². The molecule has 0 bridgehead atoms. The standard InChI is InChI=1S/C35H20N8/c36-20-34-39-28-11-3-7-15-32(28)42(34)24-17-23(18-25(19-24)43-33-16-8-4-12-29(33)40-35(43)21-37)26-9-1-5-13-30(26)41-22-38-27-10-2-6-14-31(27)41/h1-19,22H. The van der Waals surface area contributed by atoms with Gasteiger partial charge in [0.25, 0.3) is 0 Å². The number of rotatable bonds is 4. The lowest BCUT2D eigenvalue weighted by molar-refractivity contribution is 1.02.